The Morgan fingerprint density at radius 2 is 2.23 bits per heavy atom. The van der Waals surface area contributed by atoms with Crippen molar-refractivity contribution in [1.29, 1.82) is 5.26 Å². The smallest absolute Gasteiger partial charge is 0.141 e. The number of ether oxygens (including phenoxy) is 1. The van der Waals surface area contributed by atoms with Crippen molar-refractivity contribution in [3.8, 4) is 23.1 Å². The van der Waals surface area contributed by atoms with Gasteiger partial charge in [-0.1, -0.05) is 12.1 Å². The van der Waals surface area contributed by atoms with Crippen molar-refractivity contribution in [2.45, 2.75) is 12.5 Å². The molecule has 0 saturated carbocycles. The third-order valence-electron chi connectivity index (χ3n) is 4.31. The Hall–Kier alpha value is -3.66. The van der Waals surface area contributed by atoms with Gasteiger partial charge in [-0.05, 0) is 23.8 Å². The fourth-order valence-corrected chi connectivity index (χ4v) is 3.03. The van der Waals surface area contributed by atoms with Gasteiger partial charge in [-0.25, -0.2) is 9.97 Å². The lowest BCUT2D eigenvalue weighted by Gasteiger charge is -2.15. The summed E-state index contributed by atoms with van der Waals surface area (Å²) in [5.74, 6) is 0.752. The van der Waals surface area contributed by atoms with Gasteiger partial charge < -0.3 is 9.72 Å². The summed E-state index contributed by atoms with van der Waals surface area (Å²) >= 11 is 0. The van der Waals surface area contributed by atoms with E-state index >= 15 is 0 Å². The number of nitriles is 1. The number of aromatic amines is 1. The van der Waals surface area contributed by atoms with E-state index in [1.165, 1.54) is 6.33 Å². The average Bonchev–Trinajstić information content (AvgIpc) is 3.35. The van der Waals surface area contributed by atoms with Crippen LogP contribution in [0.15, 0.2) is 55.2 Å². The standard InChI is InChI=1S/C19H16N6O/c1-26-15-4-2-3-13(9-15)17(5-7-20)25-11-14(10-24-25)18-16-6-8-21-19(16)23-12-22-18/h2-4,6,8-12,17H,5H2,1H3,(H,21,22,23). The number of hydrogen-bond acceptors (Lipinski definition) is 5. The van der Waals surface area contributed by atoms with Gasteiger partial charge in [0.2, 0.25) is 0 Å². The minimum atomic E-state index is -0.201. The molecule has 0 aliphatic rings. The van der Waals surface area contributed by atoms with Crippen LogP contribution in [0.1, 0.15) is 18.0 Å². The van der Waals surface area contributed by atoms with E-state index in [0.717, 1.165) is 33.6 Å². The number of fused-ring (bicyclic) bond motifs is 1. The van der Waals surface area contributed by atoms with Crippen LogP contribution in [-0.2, 0) is 0 Å². The predicted molar refractivity (Wildman–Crippen MR) is 96.5 cm³/mol. The number of benzene rings is 1. The Balaban J connectivity index is 1.75. The van der Waals surface area contributed by atoms with E-state index in [0.29, 0.717) is 6.42 Å². The summed E-state index contributed by atoms with van der Waals surface area (Å²) in [5.41, 5.74) is 3.44. The zero-order chi connectivity index (χ0) is 17.9. The molecule has 1 atom stereocenters. The van der Waals surface area contributed by atoms with E-state index in [1.807, 2.05) is 42.7 Å². The van der Waals surface area contributed by atoms with Gasteiger partial charge in [-0.3, -0.25) is 4.68 Å². The number of nitrogens with one attached hydrogen (secondary N) is 1. The fraction of sp³-hybridized carbons (Fsp3) is 0.158. The van der Waals surface area contributed by atoms with Gasteiger partial charge in [0.25, 0.3) is 0 Å². The lowest BCUT2D eigenvalue weighted by Crippen LogP contribution is -2.10. The Labute approximate surface area is 149 Å². The van der Waals surface area contributed by atoms with E-state index in [2.05, 4.69) is 26.1 Å². The first-order valence-electron chi connectivity index (χ1n) is 8.13. The maximum absolute atomic E-state index is 9.28. The largest absolute Gasteiger partial charge is 0.497 e. The monoisotopic (exact) mass is 344 g/mol. The summed E-state index contributed by atoms with van der Waals surface area (Å²) in [5, 5.41) is 14.7. The van der Waals surface area contributed by atoms with Crippen LogP contribution < -0.4 is 4.74 Å². The molecule has 128 valence electrons. The van der Waals surface area contributed by atoms with Crippen LogP contribution in [0.5, 0.6) is 5.75 Å². The van der Waals surface area contributed by atoms with E-state index in [4.69, 9.17) is 4.74 Å². The summed E-state index contributed by atoms with van der Waals surface area (Å²) < 4.78 is 7.10. The molecule has 0 aliphatic heterocycles. The van der Waals surface area contributed by atoms with Crippen molar-refractivity contribution < 1.29 is 4.74 Å². The van der Waals surface area contributed by atoms with Gasteiger partial charge in [-0.15, -0.1) is 0 Å². The minimum absolute atomic E-state index is 0.201. The van der Waals surface area contributed by atoms with Gasteiger partial charge in [0, 0.05) is 23.3 Å². The fourth-order valence-electron chi connectivity index (χ4n) is 3.03. The number of hydrogen-bond donors (Lipinski definition) is 1. The third kappa shape index (κ3) is 2.78. The summed E-state index contributed by atoms with van der Waals surface area (Å²) in [6, 6.07) is 11.7. The highest BCUT2D eigenvalue weighted by Crippen LogP contribution is 2.28. The summed E-state index contributed by atoms with van der Waals surface area (Å²) in [6.07, 6.45) is 7.34. The van der Waals surface area contributed by atoms with Gasteiger partial charge in [-0.2, -0.15) is 10.4 Å². The van der Waals surface area contributed by atoms with Gasteiger partial charge >= 0.3 is 0 Å². The summed E-state index contributed by atoms with van der Waals surface area (Å²) in [4.78, 5) is 11.7. The van der Waals surface area contributed by atoms with Crippen molar-refractivity contribution in [3.63, 3.8) is 0 Å². The second-order valence-electron chi connectivity index (χ2n) is 5.83. The molecule has 0 radical (unpaired) electrons. The van der Waals surface area contributed by atoms with Gasteiger partial charge in [0.05, 0.1) is 37.5 Å². The molecule has 0 aliphatic carbocycles. The number of aromatic nitrogens is 5. The first-order chi connectivity index (χ1) is 12.8. The van der Waals surface area contributed by atoms with Crippen LogP contribution in [0, 0.1) is 11.3 Å². The van der Waals surface area contributed by atoms with Gasteiger partial charge in [0.1, 0.15) is 17.7 Å². The van der Waals surface area contributed by atoms with Gasteiger partial charge in [0.15, 0.2) is 0 Å². The Morgan fingerprint density at radius 3 is 3.08 bits per heavy atom. The molecule has 1 N–H and O–H groups in total. The molecule has 0 fully saturated rings. The van der Waals surface area contributed by atoms with Crippen LogP contribution in [-0.4, -0.2) is 31.8 Å². The lowest BCUT2D eigenvalue weighted by atomic mass is 10.0. The third-order valence-corrected chi connectivity index (χ3v) is 4.31. The van der Waals surface area contributed by atoms with E-state index < -0.39 is 0 Å². The zero-order valence-corrected chi connectivity index (χ0v) is 14.1. The minimum Gasteiger partial charge on any atom is -0.497 e. The molecule has 4 rings (SSSR count). The highest BCUT2D eigenvalue weighted by molar-refractivity contribution is 5.89. The highest BCUT2D eigenvalue weighted by atomic mass is 16.5. The molecule has 7 nitrogen and oxygen atoms in total. The number of rotatable bonds is 5. The van der Waals surface area contributed by atoms with E-state index in [9.17, 15) is 5.26 Å². The Bertz CT molecular complexity index is 1090. The molecule has 3 aromatic heterocycles. The van der Waals surface area contributed by atoms with Crippen LogP contribution in [0.25, 0.3) is 22.3 Å². The number of methoxy groups -OCH3 is 1. The quantitative estimate of drug-likeness (QED) is 0.599. The normalized spacial score (nSPS) is 12.0. The predicted octanol–water partition coefficient (Wildman–Crippen LogP) is 3.33. The molecule has 0 saturated heterocycles. The molecule has 0 bridgehead atoms. The average molecular weight is 344 g/mol. The maximum atomic E-state index is 9.28. The molecular formula is C19H16N6O. The molecule has 26 heavy (non-hydrogen) atoms. The lowest BCUT2D eigenvalue weighted by molar-refractivity contribution is 0.412. The topological polar surface area (TPSA) is 92.4 Å². The first kappa shape index (κ1) is 15.8. The van der Waals surface area contributed by atoms with E-state index in [-0.39, 0.29) is 6.04 Å². The van der Waals surface area contributed by atoms with Crippen molar-refractivity contribution in [2.75, 3.05) is 7.11 Å². The number of nitrogens with zero attached hydrogens (tertiary/aromatic N) is 5. The molecule has 3 heterocycles. The van der Waals surface area contributed by atoms with Crippen molar-refractivity contribution in [1.82, 2.24) is 24.7 Å². The van der Waals surface area contributed by atoms with E-state index in [1.54, 1.807) is 18.0 Å². The molecule has 0 spiro atoms. The second kappa shape index (κ2) is 6.69. The SMILES string of the molecule is COc1cccc(C(CC#N)n2cc(-c3ncnc4[nH]ccc34)cn2)c1. The molecule has 1 aromatic carbocycles. The van der Waals surface area contributed by atoms with Crippen molar-refractivity contribution in [2.24, 2.45) is 0 Å². The van der Waals surface area contributed by atoms with Crippen LogP contribution in [0.4, 0.5) is 0 Å². The van der Waals surface area contributed by atoms with Crippen LogP contribution in [0.2, 0.25) is 0 Å². The maximum Gasteiger partial charge on any atom is 0.141 e. The number of H-pyrrole nitrogens is 1. The molecular weight excluding hydrogens is 328 g/mol. The van der Waals surface area contributed by atoms with Crippen LogP contribution in [0.3, 0.4) is 0 Å². The molecule has 0 amide bonds. The Morgan fingerprint density at radius 1 is 1.31 bits per heavy atom. The zero-order valence-electron chi connectivity index (χ0n) is 14.1. The highest BCUT2D eigenvalue weighted by Gasteiger charge is 2.17. The van der Waals surface area contributed by atoms with Crippen molar-refractivity contribution >= 4 is 11.0 Å². The van der Waals surface area contributed by atoms with Crippen LogP contribution >= 0.6 is 0 Å². The Kier molecular flexibility index (Phi) is 4.07. The second-order valence-corrected chi connectivity index (χ2v) is 5.83. The summed E-state index contributed by atoms with van der Waals surface area (Å²) in [6.45, 7) is 0. The molecule has 4 aromatic rings. The molecule has 7 heteroatoms. The van der Waals surface area contributed by atoms with Crippen molar-refractivity contribution in [3.05, 3.63) is 60.8 Å². The summed E-state index contributed by atoms with van der Waals surface area (Å²) in [7, 11) is 1.63. The first-order valence-corrected chi connectivity index (χ1v) is 8.13. The molecule has 1 unspecified atom stereocenters.